The maximum absolute atomic E-state index is 15.7. The largest absolute Gasteiger partial charge is 0.416 e. The smallest absolute Gasteiger partial charge is 0.390 e. The molecule has 11 amide bonds. The highest BCUT2D eigenvalue weighted by Gasteiger charge is 2.47. The van der Waals surface area contributed by atoms with Crippen molar-refractivity contribution >= 4 is 65.0 Å². The summed E-state index contributed by atoms with van der Waals surface area (Å²) in [5.74, 6) is -11.6. The Morgan fingerprint density at radius 2 is 0.958 bits per heavy atom. The number of carbonyl (C=O) groups is 11. The van der Waals surface area contributed by atoms with Crippen LogP contribution in [0.3, 0.4) is 0 Å². The molecule has 0 spiro atoms. The molecule has 0 saturated carbocycles. The van der Waals surface area contributed by atoms with Crippen molar-refractivity contribution in [3.8, 4) is 0 Å². The molecule has 1 aliphatic heterocycles. The SMILES string of the molecule is C/C=C/C[C@@H](C)[C@@H](O)[C@H]1C(=O)N[C@@H](CC)C(=O)N(C)CC(=O)N(C)[C@@H](CC(C)C)C(=O)N(Cc2cccc(C(F)(F)F)c2)[C@@H](C(C)C)C(=O)N(C)[C@@H](CC(C)C)C(=O)N[C@@H](C)C(=O)N[C@H](C)C(=O)N(C)[C@@H](CC(C)C)C(=O)N(C)[C@@H](CC(C)C)C(=O)N(C)[C@@H](C(C)C)C(=O)N1C. The number of nitrogens with one attached hydrogen (secondary N) is 3. The van der Waals surface area contributed by atoms with Crippen molar-refractivity contribution < 1.29 is 71.0 Å². The van der Waals surface area contributed by atoms with Crippen LogP contribution < -0.4 is 16.0 Å². The van der Waals surface area contributed by atoms with E-state index in [1.807, 2.05) is 27.7 Å². The molecule has 0 radical (unpaired) electrons. The van der Waals surface area contributed by atoms with Gasteiger partial charge in [-0.2, -0.15) is 13.2 Å². The Hall–Kier alpha value is -7.12. The van der Waals surface area contributed by atoms with Crippen LogP contribution in [0.15, 0.2) is 36.4 Å². The molecule has 96 heavy (non-hydrogen) atoms. The first kappa shape index (κ1) is 85.0. The molecular formula is C70H116F3N11O12. The Labute approximate surface area is 569 Å². The van der Waals surface area contributed by atoms with E-state index in [-0.39, 0.29) is 67.8 Å². The number of hydrogen-bond donors (Lipinski definition) is 4. The van der Waals surface area contributed by atoms with Crippen LogP contribution in [0.1, 0.15) is 167 Å². The van der Waals surface area contributed by atoms with Gasteiger partial charge < -0.3 is 60.3 Å². The van der Waals surface area contributed by atoms with Gasteiger partial charge in [0, 0.05) is 55.9 Å². The summed E-state index contributed by atoms with van der Waals surface area (Å²) >= 11 is 0. The molecule has 4 N–H and O–H groups in total. The van der Waals surface area contributed by atoms with Crippen LogP contribution >= 0.6 is 0 Å². The van der Waals surface area contributed by atoms with Crippen LogP contribution in [0.5, 0.6) is 0 Å². The normalized spacial score (nSPS) is 25.5. The summed E-state index contributed by atoms with van der Waals surface area (Å²) in [6.45, 7) is 27.7. The number of aliphatic hydroxyl groups excluding tert-OH is 1. The van der Waals surface area contributed by atoms with E-state index in [1.54, 1.807) is 88.3 Å². The van der Waals surface area contributed by atoms with Gasteiger partial charge in [-0.1, -0.05) is 121 Å². The van der Waals surface area contributed by atoms with Crippen LogP contribution in [0.25, 0.3) is 0 Å². The first-order valence-electron chi connectivity index (χ1n) is 33.8. The lowest BCUT2D eigenvalue weighted by molar-refractivity contribution is -0.157. The lowest BCUT2D eigenvalue weighted by Gasteiger charge is -2.41. The van der Waals surface area contributed by atoms with Crippen LogP contribution in [-0.2, 0) is 65.5 Å². The van der Waals surface area contributed by atoms with E-state index in [1.165, 1.54) is 83.9 Å². The fraction of sp³-hybridized carbons (Fsp3) is 0.729. The monoisotopic (exact) mass is 1360 g/mol. The van der Waals surface area contributed by atoms with Crippen molar-refractivity contribution in [1.29, 1.82) is 0 Å². The van der Waals surface area contributed by atoms with Gasteiger partial charge in [0.25, 0.3) is 0 Å². The molecule has 2 rings (SSSR count). The predicted octanol–water partition coefficient (Wildman–Crippen LogP) is 6.20. The van der Waals surface area contributed by atoms with Gasteiger partial charge in [-0.05, 0) is 118 Å². The maximum atomic E-state index is 15.7. The van der Waals surface area contributed by atoms with Gasteiger partial charge >= 0.3 is 6.18 Å². The van der Waals surface area contributed by atoms with Gasteiger partial charge in [0.1, 0.15) is 60.4 Å². The van der Waals surface area contributed by atoms with Crippen molar-refractivity contribution in [2.24, 2.45) is 41.4 Å². The Balaban J connectivity index is 3.16. The molecule has 1 aromatic carbocycles. The average molecular weight is 1360 g/mol. The van der Waals surface area contributed by atoms with Crippen molar-refractivity contribution in [1.82, 2.24) is 55.1 Å². The zero-order valence-electron chi connectivity index (χ0n) is 61.7. The molecule has 1 saturated heterocycles. The Morgan fingerprint density at radius 1 is 0.521 bits per heavy atom. The second-order valence-corrected chi connectivity index (χ2v) is 28.7. The standard InChI is InChI=1S/C70H116F3N11O12/c1-25-27-29-45(15)59(86)58-62(89)76-50(26-2)64(91)77(18)38-55(85)78(19)54(35-42(9)10)67(94)84(37-48-30-28-31-49(36-48)70(71,72)73)57(44(13)14)69(96)79(20)51(32-39(3)4)61(88)74-46(16)60(87)75-47(17)63(90)80(21)52(33-40(5)6)65(92)81(22)53(34-41(7)8)66(93)82(23)56(43(11)12)68(95)83(58)24/h25,27-28,30-31,36,39-47,50-54,56-59,86H,26,29,32-35,37-38H2,1-24H3,(H,74,88)(H,75,87)(H,76,89)/b27-25+/t45-,46+,47-,50+,51+,52+,53+,54+,56+,57+,58+,59-/m1/s1. The lowest BCUT2D eigenvalue weighted by Crippen LogP contribution is -2.63. The van der Waals surface area contributed by atoms with E-state index in [0.717, 1.165) is 42.7 Å². The molecule has 12 atom stereocenters. The zero-order chi connectivity index (χ0) is 74.0. The summed E-state index contributed by atoms with van der Waals surface area (Å²) in [4.78, 5) is 173. The van der Waals surface area contributed by atoms with Crippen molar-refractivity contribution in [2.75, 3.05) is 55.9 Å². The molecule has 0 aromatic heterocycles. The minimum Gasteiger partial charge on any atom is -0.390 e. The molecule has 1 aromatic rings. The minimum atomic E-state index is -4.80. The zero-order valence-corrected chi connectivity index (χ0v) is 61.7. The summed E-state index contributed by atoms with van der Waals surface area (Å²) < 4.78 is 43.1. The van der Waals surface area contributed by atoms with Gasteiger partial charge in [-0.15, -0.1) is 0 Å². The van der Waals surface area contributed by atoms with Gasteiger partial charge in [0.15, 0.2) is 0 Å². The second kappa shape index (κ2) is 37.6. The number of benzene rings is 1. The second-order valence-electron chi connectivity index (χ2n) is 28.7. The lowest BCUT2D eigenvalue weighted by atomic mass is 9.91. The van der Waals surface area contributed by atoms with Gasteiger partial charge in [0.05, 0.1) is 18.2 Å². The summed E-state index contributed by atoms with van der Waals surface area (Å²) in [5.41, 5.74) is -1.05. The highest BCUT2D eigenvalue weighted by molar-refractivity contribution is 5.99. The molecule has 1 heterocycles. The number of rotatable bonds is 17. The number of amides is 11. The molecule has 0 unspecified atom stereocenters. The van der Waals surface area contributed by atoms with Crippen molar-refractivity contribution in [3.63, 3.8) is 0 Å². The molecule has 1 fully saturated rings. The first-order valence-corrected chi connectivity index (χ1v) is 33.8. The van der Waals surface area contributed by atoms with E-state index in [0.29, 0.717) is 0 Å². The van der Waals surface area contributed by atoms with Crippen LogP contribution in [0.2, 0.25) is 0 Å². The molecule has 26 heteroatoms. The number of likely N-dealkylation sites (N-methyl/N-ethyl adjacent to an activating group) is 7. The number of halogens is 3. The summed E-state index contributed by atoms with van der Waals surface area (Å²) in [5, 5.41) is 20.2. The number of carbonyl (C=O) groups excluding carboxylic acids is 11. The fourth-order valence-corrected chi connectivity index (χ4v) is 12.2. The van der Waals surface area contributed by atoms with Gasteiger partial charge in [-0.3, -0.25) is 52.7 Å². The van der Waals surface area contributed by atoms with Crippen molar-refractivity contribution in [2.45, 2.75) is 235 Å². The maximum Gasteiger partial charge on any atom is 0.416 e. The minimum absolute atomic E-state index is 0.0161. The third kappa shape index (κ3) is 23.0. The highest BCUT2D eigenvalue weighted by Crippen LogP contribution is 2.32. The molecule has 23 nitrogen and oxygen atoms in total. The molecule has 1 aliphatic rings. The fourth-order valence-electron chi connectivity index (χ4n) is 12.2. The topological polar surface area (TPSA) is 270 Å². The molecule has 0 bridgehead atoms. The van der Waals surface area contributed by atoms with E-state index >= 15 is 24.0 Å². The summed E-state index contributed by atoms with van der Waals surface area (Å²) in [6.07, 6.45) is -2.45. The third-order valence-corrected chi connectivity index (χ3v) is 17.9. The predicted molar refractivity (Wildman–Crippen MR) is 362 cm³/mol. The quantitative estimate of drug-likeness (QED) is 0.127. The van der Waals surface area contributed by atoms with E-state index in [2.05, 4.69) is 16.0 Å². The van der Waals surface area contributed by atoms with Crippen LogP contribution in [0, 0.1) is 41.4 Å². The molecule has 544 valence electrons. The number of aliphatic hydroxyl groups is 1. The number of allylic oxidation sites excluding steroid dienone is 2. The first-order chi connectivity index (χ1) is 44.3. The van der Waals surface area contributed by atoms with Crippen LogP contribution in [0.4, 0.5) is 13.2 Å². The van der Waals surface area contributed by atoms with Gasteiger partial charge in [0.2, 0.25) is 65.0 Å². The average Bonchev–Trinajstić information content (AvgIpc) is 0.804. The molecule has 0 aliphatic carbocycles. The third-order valence-electron chi connectivity index (χ3n) is 17.9. The summed E-state index contributed by atoms with van der Waals surface area (Å²) in [6, 6.07) is -9.42. The van der Waals surface area contributed by atoms with E-state index in [4.69, 9.17) is 0 Å². The number of alkyl halides is 3. The van der Waals surface area contributed by atoms with E-state index in [9.17, 15) is 47.0 Å². The Bertz CT molecular complexity index is 2870. The van der Waals surface area contributed by atoms with Gasteiger partial charge in [-0.25, -0.2) is 0 Å². The highest BCUT2D eigenvalue weighted by atomic mass is 19.4. The van der Waals surface area contributed by atoms with Crippen LogP contribution in [-0.4, -0.2) is 232 Å². The molecular weight excluding hydrogens is 1240 g/mol. The van der Waals surface area contributed by atoms with E-state index < -0.39 is 174 Å². The Morgan fingerprint density at radius 3 is 1.43 bits per heavy atom. The van der Waals surface area contributed by atoms with Crippen molar-refractivity contribution in [3.05, 3.63) is 47.5 Å². The Kier molecular flexibility index (Phi) is 33.3. The summed E-state index contributed by atoms with van der Waals surface area (Å²) in [7, 11) is 9.53. The number of hydrogen-bond acceptors (Lipinski definition) is 12. The number of nitrogens with zero attached hydrogens (tertiary/aromatic N) is 8.